The predicted octanol–water partition coefficient (Wildman–Crippen LogP) is 1.37. The molecular weight excluding hydrogens is 325 g/mol. The van der Waals surface area contributed by atoms with E-state index in [1.165, 1.54) is 6.20 Å². The maximum absolute atomic E-state index is 13.0. The molecule has 1 aliphatic rings. The number of nitrogens with two attached hydrogens (primary N) is 1. The minimum Gasteiger partial charge on any atom is -0.369 e. The lowest BCUT2D eigenvalue weighted by atomic mass is 9.95. The third-order valence-corrected chi connectivity index (χ3v) is 4.06. The lowest BCUT2D eigenvalue weighted by Gasteiger charge is -2.18. The molecule has 2 aromatic rings. The number of para-hydroxylation sites is 2. The van der Waals surface area contributed by atoms with Crippen LogP contribution in [-0.2, 0) is 4.79 Å². The van der Waals surface area contributed by atoms with Gasteiger partial charge in [-0.25, -0.2) is 4.98 Å². The van der Waals surface area contributed by atoms with Gasteiger partial charge in [0, 0.05) is 13.1 Å². The summed E-state index contributed by atoms with van der Waals surface area (Å²) in [6.45, 7) is -1.00. The summed E-state index contributed by atoms with van der Waals surface area (Å²) in [5.41, 5.74) is 6.01. The zero-order valence-electron chi connectivity index (χ0n) is 12.3. The molecule has 9 heteroatoms. The number of hydrogen-bond acceptors (Lipinski definition) is 4. The number of fused-ring (bicyclic) bond motifs is 1. The average molecular weight is 338 g/mol. The second-order valence-electron chi connectivity index (χ2n) is 5.61. The van der Waals surface area contributed by atoms with Gasteiger partial charge < -0.3 is 10.6 Å². The molecule has 24 heavy (non-hydrogen) atoms. The highest BCUT2D eigenvalue weighted by Crippen LogP contribution is 2.37. The second kappa shape index (κ2) is 5.73. The quantitative estimate of drug-likeness (QED) is 0.895. The molecule has 1 fully saturated rings. The van der Waals surface area contributed by atoms with Gasteiger partial charge in [0.1, 0.15) is 5.69 Å². The normalized spacial score (nSPS) is 21.2. The number of amides is 2. The van der Waals surface area contributed by atoms with E-state index in [1.807, 2.05) is 0 Å². The smallest absolute Gasteiger partial charge is 0.369 e. The first-order valence-electron chi connectivity index (χ1n) is 7.14. The molecule has 2 atom stereocenters. The Balaban J connectivity index is 1.88. The van der Waals surface area contributed by atoms with Crippen LogP contribution in [0.3, 0.4) is 0 Å². The van der Waals surface area contributed by atoms with Crippen LogP contribution in [0.15, 0.2) is 30.5 Å². The van der Waals surface area contributed by atoms with Crippen molar-refractivity contribution in [2.75, 3.05) is 13.1 Å². The molecule has 0 saturated carbocycles. The number of carbonyl (C=O) groups is 2. The molecule has 0 unspecified atom stereocenters. The maximum atomic E-state index is 13.0. The molecule has 0 spiro atoms. The highest BCUT2D eigenvalue weighted by Gasteiger charge is 2.53. The third kappa shape index (κ3) is 2.89. The fraction of sp³-hybridized carbons (Fsp3) is 0.333. The van der Waals surface area contributed by atoms with Crippen LogP contribution in [0.25, 0.3) is 11.0 Å². The Kier molecular flexibility index (Phi) is 3.86. The predicted molar refractivity (Wildman–Crippen MR) is 77.7 cm³/mol. The topological polar surface area (TPSA) is 89.2 Å². The van der Waals surface area contributed by atoms with Crippen molar-refractivity contribution in [3.63, 3.8) is 0 Å². The molecule has 1 aromatic carbocycles. The molecule has 0 bridgehead atoms. The van der Waals surface area contributed by atoms with Crippen molar-refractivity contribution in [3.8, 4) is 0 Å². The summed E-state index contributed by atoms with van der Waals surface area (Å²) < 4.78 is 39.1. The van der Waals surface area contributed by atoms with Crippen LogP contribution in [-0.4, -0.2) is 45.9 Å². The van der Waals surface area contributed by atoms with Crippen molar-refractivity contribution < 1.29 is 22.8 Å². The Morgan fingerprint density at radius 2 is 1.83 bits per heavy atom. The largest absolute Gasteiger partial charge is 0.394 e. The highest BCUT2D eigenvalue weighted by molar-refractivity contribution is 5.94. The monoisotopic (exact) mass is 338 g/mol. The standard InChI is InChI=1S/C15H13F3N4O2/c16-15(17,18)9-7-22(6-8(9)13(19)23)14(24)12-5-20-10-3-1-2-4-11(10)21-12/h1-5,8-9H,6-7H2,(H2,19,23)/t8-,9-/m1/s1. The van der Waals surface area contributed by atoms with Gasteiger partial charge in [-0.05, 0) is 12.1 Å². The van der Waals surface area contributed by atoms with E-state index in [4.69, 9.17) is 5.73 Å². The molecule has 0 radical (unpaired) electrons. The number of nitrogens with zero attached hydrogens (tertiary/aromatic N) is 3. The lowest BCUT2D eigenvalue weighted by Crippen LogP contribution is -2.37. The molecule has 1 aliphatic heterocycles. The first kappa shape index (κ1) is 16.2. The van der Waals surface area contributed by atoms with Crippen LogP contribution in [0.2, 0.25) is 0 Å². The van der Waals surface area contributed by atoms with Crippen molar-refractivity contribution in [3.05, 3.63) is 36.2 Å². The zero-order valence-corrected chi connectivity index (χ0v) is 12.3. The summed E-state index contributed by atoms with van der Waals surface area (Å²) in [7, 11) is 0. The maximum Gasteiger partial charge on any atom is 0.394 e. The molecule has 1 aromatic heterocycles. The summed E-state index contributed by atoms with van der Waals surface area (Å²) >= 11 is 0. The Morgan fingerprint density at radius 3 is 2.42 bits per heavy atom. The summed E-state index contributed by atoms with van der Waals surface area (Å²) in [5, 5.41) is 0. The highest BCUT2D eigenvalue weighted by atomic mass is 19.4. The number of hydrogen-bond donors (Lipinski definition) is 1. The molecular formula is C15H13F3N4O2. The van der Waals surface area contributed by atoms with Crippen LogP contribution < -0.4 is 5.73 Å². The summed E-state index contributed by atoms with van der Waals surface area (Å²) in [6.07, 6.45) is -3.39. The average Bonchev–Trinajstić information content (AvgIpc) is 2.99. The van der Waals surface area contributed by atoms with Crippen molar-refractivity contribution in [1.29, 1.82) is 0 Å². The molecule has 2 heterocycles. The Morgan fingerprint density at radius 1 is 1.17 bits per heavy atom. The molecule has 2 amide bonds. The van der Waals surface area contributed by atoms with E-state index in [0.29, 0.717) is 11.0 Å². The number of likely N-dealkylation sites (tertiary alicyclic amines) is 1. The molecule has 2 N–H and O–H groups in total. The van der Waals surface area contributed by atoms with Gasteiger partial charge in [0.15, 0.2) is 0 Å². The fourth-order valence-corrected chi connectivity index (χ4v) is 2.81. The van der Waals surface area contributed by atoms with Gasteiger partial charge in [-0.2, -0.15) is 13.2 Å². The molecule has 6 nitrogen and oxygen atoms in total. The molecule has 126 valence electrons. The number of carbonyl (C=O) groups excluding carboxylic acids is 2. The van der Waals surface area contributed by atoms with Gasteiger partial charge in [0.05, 0.1) is 29.1 Å². The van der Waals surface area contributed by atoms with Gasteiger partial charge in [-0.1, -0.05) is 12.1 Å². The minimum absolute atomic E-state index is 0.0697. The van der Waals surface area contributed by atoms with E-state index in [2.05, 4.69) is 9.97 Å². The van der Waals surface area contributed by atoms with Crippen molar-refractivity contribution in [1.82, 2.24) is 14.9 Å². The van der Waals surface area contributed by atoms with Crippen LogP contribution in [0.1, 0.15) is 10.5 Å². The Labute approximate surface area is 134 Å². The Bertz CT molecular complexity index is 809. The number of aromatic nitrogens is 2. The second-order valence-corrected chi connectivity index (χ2v) is 5.61. The van der Waals surface area contributed by atoms with Gasteiger partial charge in [0.25, 0.3) is 5.91 Å². The number of benzene rings is 1. The third-order valence-electron chi connectivity index (χ3n) is 4.06. The van der Waals surface area contributed by atoms with E-state index in [1.54, 1.807) is 24.3 Å². The zero-order chi connectivity index (χ0) is 17.5. The van der Waals surface area contributed by atoms with Gasteiger partial charge in [-0.3, -0.25) is 14.6 Å². The van der Waals surface area contributed by atoms with Gasteiger partial charge in [0.2, 0.25) is 5.91 Å². The first-order valence-corrected chi connectivity index (χ1v) is 7.14. The van der Waals surface area contributed by atoms with Crippen LogP contribution in [0.4, 0.5) is 13.2 Å². The summed E-state index contributed by atoms with van der Waals surface area (Å²) in [5.74, 6) is -5.20. The number of rotatable bonds is 2. The van der Waals surface area contributed by atoms with E-state index < -0.39 is 36.4 Å². The van der Waals surface area contributed by atoms with Crippen molar-refractivity contribution in [2.24, 2.45) is 17.6 Å². The van der Waals surface area contributed by atoms with E-state index in [0.717, 1.165) is 4.90 Å². The van der Waals surface area contributed by atoms with E-state index in [-0.39, 0.29) is 12.2 Å². The molecule has 1 saturated heterocycles. The van der Waals surface area contributed by atoms with Crippen molar-refractivity contribution in [2.45, 2.75) is 6.18 Å². The number of halogens is 3. The van der Waals surface area contributed by atoms with Crippen LogP contribution in [0, 0.1) is 11.8 Å². The van der Waals surface area contributed by atoms with E-state index >= 15 is 0 Å². The Hall–Kier alpha value is -2.71. The summed E-state index contributed by atoms with van der Waals surface area (Å²) in [4.78, 5) is 32.9. The van der Waals surface area contributed by atoms with E-state index in [9.17, 15) is 22.8 Å². The summed E-state index contributed by atoms with van der Waals surface area (Å²) in [6, 6.07) is 6.82. The molecule has 3 rings (SSSR count). The first-order chi connectivity index (χ1) is 11.3. The van der Waals surface area contributed by atoms with Crippen LogP contribution in [0.5, 0.6) is 0 Å². The SMILES string of the molecule is NC(=O)[C@@H]1CN(C(=O)c2cnc3ccccc3n2)C[C@H]1C(F)(F)F. The number of primary amides is 1. The van der Waals surface area contributed by atoms with Gasteiger partial charge >= 0.3 is 6.18 Å². The number of alkyl halides is 3. The van der Waals surface area contributed by atoms with Gasteiger partial charge in [-0.15, -0.1) is 0 Å². The van der Waals surface area contributed by atoms with Crippen molar-refractivity contribution >= 4 is 22.8 Å². The van der Waals surface area contributed by atoms with Crippen LogP contribution >= 0.6 is 0 Å². The molecule has 0 aliphatic carbocycles. The lowest BCUT2D eigenvalue weighted by molar-refractivity contribution is -0.182. The fourth-order valence-electron chi connectivity index (χ4n) is 2.81. The minimum atomic E-state index is -4.61.